The summed E-state index contributed by atoms with van der Waals surface area (Å²) in [5.74, 6) is 0. The number of urea groups is 1. The van der Waals surface area contributed by atoms with Crippen molar-refractivity contribution in [3.05, 3.63) is 58.1 Å². The molecular formula is C16H14ClF3N2O. The maximum absolute atomic E-state index is 12.8. The predicted molar refractivity (Wildman–Crippen MR) is 85.0 cm³/mol. The maximum Gasteiger partial charge on any atom is 0.417 e. The van der Waals surface area contributed by atoms with Crippen molar-refractivity contribution in [3.63, 3.8) is 0 Å². The van der Waals surface area contributed by atoms with E-state index in [1.54, 1.807) is 12.1 Å². The van der Waals surface area contributed by atoms with Crippen LogP contribution in [-0.2, 0) is 6.18 Å². The number of alkyl halides is 3. The Morgan fingerprint density at radius 3 is 2.43 bits per heavy atom. The number of benzene rings is 2. The third kappa shape index (κ3) is 4.16. The van der Waals surface area contributed by atoms with Crippen LogP contribution >= 0.6 is 11.6 Å². The van der Waals surface area contributed by atoms with Gasteiger partial charge in [0.15, 0.2) is 0 Å². The maximum atomic E-state index is 12.8. The molecule has 0 aliphatic rings. The summed E-state index contributed by atoms with van der Waals surface area (Å²) in [5.41, 5.74) is 1.48. The van der Waals surface area contributed by atoms with Crippen LogP contribution in [0, 0.1) is 13.8 Å². The number of carbonyl (C=O) groups is 1. The van der Waals surface area contributed by atoms with Gasteiger partial charge in [0.1, 0.15) is 0 Å². The number of rotatable bonds is 2. The van der Waals surface area contributed by atoms with Gasteiger partial charge in [-0.25, -0.2) is 4.79 Å². The molecule has 3 nitrogen and oxygen atoms in total. The van der Waals surface area contributed by atoms with Crippen molar-refractivity contribution in [1.29, 1.82) is 0 Å². The van der Waals surface area contributed by atoms with Gasteiger partial charge in [0.2, 0.25) is 0 Å². The highest BCUT2D eigenvalue weighted by molar-refractivity contribution is 6.31. The summed E-state index contributed by atoms with van der Waals surface area (Å²) in [5, 5.41) is 4.56. The van der Waals surface area contributed by atoms with Gasteiger partial charge in [-0.15, -0.1) is 0 Å². The predicted octanol–water partition coefficient (Wildman–Crippen LogP) is 5.62. The van der Waals surface area contributed by atoms with E-state index in [2.05, 4.69) is 10.6 Å². The van der Waals surface area contributed by atoms with E-state index in [4.69, 9.17) is 11.6 Å². The third-order valence-corrected chi connectivity index (χ3v) is 3.71. The van der Waals surface area contributed by atoms with E-state index < -0.39 is 22.8 Å². The van der Waals surface area contributed by atoms with E-state index in [0.717, 1.165) is 23.3 Å². The molecule has 7 heteroatoms. The van der Waals surface area contributed by atoms with Gasteiger partial charge in [-0.2, -0.15) is 13.2 Å². The van der Waals surface area contributed by atoms with Crippen LogP contribution in [0.4, 0.5) is 29.3 Å². The summed E-state index contributed by atoms with van der Waals surface area (Å²) in [6.45, 7) is 3.74. The summed E-state index contributed by atoms with van der Waals surface area (Å²) in [6, 6.07) is 7.96. The molecule has 0 unspecified atom stereocenters. The molecule has 0 aliphatic heterocycles. The van der Waals surface area contributed by atoms with Gasteiger partial charge in [0, 0.05) is 11.4 Å². The topological polar surface area (TPSA) is 41.1 Å². The Kier molecular flexibility index (Phi) is 4.85. The average molecular weight is 343 g/mol. The summed E-state index contributed by atoms with van der Waals surface area (Å²) in [7, 11) is 0. The van der Waals surface area contributed by atoms with Gasteiger partial charge in [0.05, 0.1) is 10.6 Å². The average Bonchev–Trinajstić information content (AvgIpc) is 2.45. The first-order valence-corrected chi connectivity index (χ1v) is 7.07. The lowest BCUT2D eigenvalue weighted by Gasteiger charge is -2.13. The van der Waals surface area contributed by atoms with Crippen molar-refractivity contribution in [1.82, 2.24) is 0 Å². The number of carbonyl (C=O) groups excluding carboxylic acids is 1. The van der Waals surface area contributed by atoms with E-state index in [9.17, 15) is 18.0 Å². The Bertz CT molecular complexity index is 745. The number of hydrogen-bond donors (Lipinski definition) is 2. The molecular weight excluding hydrogens is 329 g/mol. The molecule has 0 atom stereocenters. The zero-order valence-electron chi connectivity index (χ0n) is 12.4. The molecule has 0 spiro atoms. The lowest BCUT2D eigenvalue weighted by molar-refractivity contribution is -0.137. The summed E-state index contributed by atoms with van der Waals surface area (Å²) in [6.07, 6.45) is -4.58. The van der Waals surface area contributed by atoms with Gasteiger partial charge in [-0.1, -0.05) is 23.7 Å². The Balaban J connectivity index is 2.16. The summed E-state index contributed by atoms with van der Waals surface area (Å²) >= 11 is 5.54. The van der Waals surface area contributed by atoms with Crippen molar-refractivity contribution in [2.75, 3.05) is 10.6 Å². The van der Waals surface area contributed by atoms with E-state index in [1.165, 1.54) is 6.07 Å². The number of anilines is 2. The molecule has 0 aliphatic carbocycles. The highest BCUT2D eigenvalue weighted by atomic mass is 35.5. The molecule has 2 amide bonds. The van der Waals surface area contributed by atoms with Gasteiger partial charge in [-0.05, 0) is 49.2 Å². The van der Waals surface area contributed by atoms with Gasteiger partial charge in [-0.3, -0.25) is 0 Å². The van der Waals surface area contributed by atoms with Crippen LogP contribution in [0.2, 0.25) is 5.02 Å². The Hall–Kier alpha value is -2.21. The lowest BCUT2D eigenvalue weighted by Crippen LogP contribution is -2.20. The molecule has 122 valence electrons. The number of amides is 2. The lowest BCUT2D eigenvalue weighted by atomic mass is 10.1. The Morgan fingerprint density at radius 1 is 1.09 bits per heavy atom. The molecule has 0 fully saturated rings. The van der Waals surface area contributed by atoms with E-state index in [-0.39, 0.29) is 5.69 Å². The minimum atomic E-state index is -4.58. The Labute approximate surface area is 136 Å². The Morgan fingerprint density at radius 2 is 1.78 bits per heavy atom. The smallest absolute Gasteiger partial charge is 0.308 e. The summed E-state index contributed by atoms with van der Waals surface area (Å²) in [4.78, 5) is 12.0. The van der Waals surface area contributed by atoms with Crippen LogP contribution < -0.4 is 10.6 Å². The first kappa shape index (κ1) is 17.1. The molecule has 0 saturated heterocycles. The largest absolute Gasteiger partial charge is 0.417 e. The van der Waals surface area contributed by atoms with Crippen LogP contribution in [0.25, 0.3) is 0 Å². The molecule has 0 bridgehead atoms. The van der Waals surface area contributed by atoms with Crippen LogP contribution in [-0.4, -0.2) is 6.03 Å². The molecule has 0 heterocycles. The quantitative estimate of drug-likeness (QED) is 0.730. The molecule has 2 N–H and O–H groups in total. The zero-order valence-corrected chi connectivity index (χ0v) is 13.1. The highest BCUT2D eigenvalue weighted by Gasteiger charge is 2.33. The second kappa shape index (κ2) is 6.50. The molecule has 2 aromatic rings. The van der Waals surface area contributed by atoms with E-state index in [1.807, 2.05) is 19.9 Å². The van der Waals surface area contributed by atoms with Crippen LogP contribution in [0.1, 0.15) is 16.7 Å². The van der Waals surface area contributed by atoms with E-state index in [0.29, 0.717) is 5.69 Å². The second-order valence-electron chi connectivity index (χ2n) is 5.02. The third-order valence-electron chi connectivity index (χ3n) is 3.38. The highest BCUT2D eigenvalue weighted by Crippen LogP contribution is 2.36. The molecule has 0 radical (unpaired) electrons. The van der Waals surface area contributed by atoms with Gasteiger partial charge < -0.3 is 10.6 Å². The minimum Gasteiger partial charge on any atom is -0.308 e. The normalized spacial score (nSPS) is 11.2. The first-order valence-electron chi connectivity index (χ1n) is 6.69. The van der Waals surface area contributed by atoms with Crippen molar-refractivity contribution < 1.29 is 18.0 Å². The SMILES string of the molecule is Cc1cccc(NC(=O)Nc2ccc(Cl)c(C(F)(F)F)c2)c1C. The summed E-state index contributed by atoms with van der Waals surface area (Å²) < 4.78 is 38.4. The minimum absolute atomic E-state index is 0.00420. The monoisotopic (exact) mass is 342 g/mol. The fraction of sp³-hybridized carbons (Fsp3) is 0.188. The molecule has 0 aromatic heterocycles. The van der Waals surface area contributed by atoms with Gasteiger partial charge >= 0.3 is 12.2 Å². The molecule has 2 aromatic carbocycles. The van der Waals surface area contributed by atoms with Crippen molar-refractivity contribution in [2.45, 2.75) is 20.0 Å². The number of hydrogen-bond acceptors (Lipinski definition) is 1. The standard InChI is InChI=1S/C16H14ClF3N2O/c1-9-4-3-5-14(10(9)2)22-15(23)21-11-6-7-13(17)12(8-11)16(18,19)20/h3-8H,1-2H3,(H2,21,22,23). The van der Waals surface area contributed by atoms with Crippen LogP contribution in [0.5, 0.6) is 0 Å². The van der Waals surface area contributed by atoms with Crippen molar-refractivity contribution in [3.8, 4) is 0 Å². The molecule has 23 heavy (non-hydrogen) atoms. The van der Waals surface area contributed by atoms with E-state index >= 15 is 0 Å². The van der Waals surface area contributed by atoms with Crippen LogP contribution in [0.15, 0.2) is 36.4 Å². The number of halogens is 4. The zero-order chi connectivity index (χ0) is 17.2. The van der Waals surface area contributed by atoms with Crippen LogP contribution in [0.3, 0.4) is 0 Å². The van der Waals surface area contributed by atoms with Crippen molar-refractivity contribution >= 4 is 29.0 Å². The van der Waals surface area contributed by atoms with Crippen molar-refractivity contribution in [2.24, 2.45) is 0 Å². The number of nitrogens with one attached hydrogen (secondary N) is 2. The molecule has 2 rings (SSSR count). The van der Waals surface area contributed by atoms with Gasteiger partial charge in [0.25, 0.3) is 0 Å². The second-order valence-corrected chi connectivity index (χ2v) is 5.43. The fourth-order valence-corrected chi connectivity index (χ4v) is 2.22. The first-order chi connectivity index (χ1) is 10.7. The molecule has 0 saturated carbocycles. The number of aryl methyl sites for hydroxylation is 1. The fourth-order valence-electron chi connectivity index (χ4n) is 1.99.